The molecule has 0 saturated carbocycles. The van der Waals surface area contributed by atoms with Crippen molar-refractivity contribution in [2.45, 2.75) is 6.61 Å². The summed E-state index contributed by atoms with van der Waals surface area (Å²) in [4.78, 5) is 31.1. The molecule has 0 radical (unpaired) electrons. The van der Waals surface area contributed by atoms with Crippen LogP contribution in [0.25, 0.3) is 6.08 Å². The third kappa shape index (κ3) is 6.76. The van der Waals surface area contributed by atoms with E-state index < -0.39 is 4.92 Å². The highest BCUT2D eigenvalue weighted by Crippen LogP contribution is 2.43. The molecule has 9 nitrogen and oxygen atoms in total. The number of methoxy groups -OCH3 is 2. The second-order valence-corrected chi connectivity index (χ2v) is 11.7. The van der Waals surface area contributed by atoms with Crippen molar-refractivity contribution in [2.24, 2.45) is 4.99 Å². The summed E-state index contributed by atoms with van der Waals surface area (Å²) in [5.41, 5.74) is 2.69. The molecule has 1 aliphatic heterocycles. The minimum Gasteiger partial charge on any atom is -0.495 e. The molecule has 0 aliphatic carbocycles. The minimum absolute atomic E-state index is 0.0169. The first kappa shape index (κ1) is 30.3. The molecule has 1 aliphatic rings. The van der Waals surface area contributed by atoms with Crippen LogP contribution < -0.4 is 19.1 Å². The maximum Gasteiger partial charge on any atom is 0.271 e. The Hall–Kier alpha value is -4.13. The molecule has 0 atom stereocenters. The van der Waals surface area contributed by atoms with E-state index in [4.69, 9.17) is 19.2 Å². The lowest BCUT2D eigenvalue weighted by Crippen LogP contribution is -2.29. The number of nitrogens with zero attached hydrogens (tertiary/aromatic N) is 3. The predicted octanol–water partition coefficient (Wildman–Crippen LogP) is 8.52. The largest absolute Gasteiger partial charge is 0.495 e. The summed E-state index contributed by atoms with van der Waals surface area (Å²) in [6, 6.07) is 24.5. The van der Waals surface area contributed by atoms with E-state index in [9.17, 15) is 14.9 Å². The number of thioether (sulfide) groups is 1. The van der Waals surface area contributed by atoms with E-state index in [1.54, 1.807) is 38.5 Å². The highest BCUT2D eigenvalue weighted by molar-refractivity contribution is 9.11. The molecule has 1 saturated heterocycles. The van der Waals surface area contributed by atoms with Crippen LogP contribution in [0, 0.1) is 10.1 Å². The number of non-ortho nitro benzene ring substituents is 1. The molecule has 0 aromatic heterocycles. The summed E-state index contributed by atoms with van der Waals surface area (Å²) >= 11 is 8.40. The van der Waals surface area contributed by atoms with Crippen molar-refractivity contribution in [2.75, 3.05) is 19.1 Å². The van der Waals surface area contributed by atoms with E-state index in [2.05, 4.69) is 31.9 Å². The lowest BCUT2D eigenvalue weighted by molar-refractivity contribution is -0.384. The van der Waals surface area contributed by atoms with Gasteiger partial charge in [0, 0.05) is 12.1 Å². The smallest absolute Gasteiger partial charge is 0.271 e. The van der Waals surface area contributed by atoms with Crippen molar-refractivity contribution >= 4 is 77.8 Å². The van der Waals surface area contributed by atoms with Crippen molar-refractivity contribution < 1.29 is 23.9 Å². The second kappa shape index (κ2) is 13.4. The lowest BCUT2D eigenvalue weighted by atomic mass is 10.2. The van der Waals surface area contributed by atoms with E-state index in [1.165, 1.54) is 28.8 Å². The van der Waals surface area contributed by atoms with Crippen LogP contribution >= 0.6 is 43.6 Å². The molecule has 1 fully saturated rings. The third-order valence-corrected chi connectivity index (χ3v) is 8.43. The number of halogens is 2. The number of nitro benzene ring substituents is 1. The van der Waals surface area contributed by atoms with Crippen molar-refractivity contribution in [3.63, 3.8) is 0 Å². The summed E-state index contributed by atoms with van der Waals surface area (Å²) in [6.07, 6.45) is 1.79. The Balaban J connectivity index is 1.46. The van der Waals surface area contributed by atoms with Gasteiger partial charge < -0.3 is 14.2 Å². The SMILES string of the molecule is COc1ccccc1N=C1SC(=Cc2cc(Br)c(OCc3ccc([N+](=O)[O-])cc3)c(Br)c2)C(=O)N1c1ccccc1OC. The summed E-state index contributed by atoms with van der Waals surface area (Å²) in [6.45, 7) is 0.209. The Morgan fingerprint density at radius 1 is 0.930 bits per heavy atom. The average Bonchev–Trinajstić information content (AvgIpc) is 3.30. The van der Waals surface area contributed by atoms with Gasteiger partial charge in [-0.1, -0.05) is 24.3 Å². The fraction of sp³-hybridized carbons (Fsp3) is 0.0968. The normalized spacial score (nSPS) is 14.8. The quantitative estimate of drug-likeness (QED) is 0.0969. The number of rotatable bonds is 9. The monoisotopic (exact) mass is 723 g/mol. The molecule has 1 amide bonds. The van der Waals surface area contributed by atoms with Gasteiger partial charge >= 0.3 is 0 Å². The molecule has 43 heavy (non-hydrogen) atoms. The lowest BCUT2D eigenvalue weighted by Gasteiger charge is -2.18. The van der Waals surface area contributed by atoms with E-state index in [1.807, 2.05) is 54.6 Å². The molecule has 0 spiro atoms. The summed E-state index contributed by atoms with van der Waals surface area (Å²) in [5.74, 6) is 1.41. The van der Waals surface area contributed by atoms with Gasteiger partial charge in [0.2, 0.25) is 0 Å². The molecule has 218 valence electrons. The molecule has 0 unspecified atom stereocenters. The van der Waals surface area contributed by atoms with E-state index in [0.717, 1.165) is 11.1 Å². The van der Waals surface area contributed by atoms with Crippen LogP contribution in [0.4, 0.5) is 17.1 Å². The van der Waals surface area contributed by atoms with Gasteiger partial charge in [-0.2, -0.15) is 0 Å². The zero-order valence-electron chi connectivity index (χ0n) is 22.8. The van der Waals surface area contributed by atoms with E-state index >= 15 is 0 Å². The molecule has 4 aromatic rings. The molecule has 1 heterocycles. The standard InChI is InChI=1S/C31H23Br2N3O6S/c1-40-26-9-5-3-7-24(26)34-31-35(25-8-4-6-10-27(25)41-2)30(37)28(43-31)17-20-15-22(32)29(23(33)16-20)42-18-19-11-13-21(14-12-19)36(38)39/h3-17H,18H2,1-2H3. The maximum atomic E-state index is 13.9. The topological polar surface area (TPSA) is 104 Å². The Bertz CT molecular complexity index is 1740. The second-order valence-electron chi connectivity index (χ2n) is 9.02. The van der Waals surface area contributed by atoms with Gasteiger partial charge in [0.05, 0.1) is 38.7 Å². The first-order valence-corrected chi connectivity index (χ1v) is 15.1. The third-order valence-electron chi connectivity index (χ3n) is 6.28. The summed E-state index contributed by atoms with van der Waals surface area (Å²) < 4.78 is 18.4. The number of aliphatic imine (C=N–C) groups is 1. The number of amidine groups is 1. The molecule has 0 N–H and O–H groups in total. The highest BCUT2D eigenvalue weighted by Gasteiger charge is 2.36. The molecular formula is C31H23Br2N3O6S. The van der Waals surface area contributed by atoms with Crippen LogP contribution in [0.3, 0.4) is 0 Å². The van der Waals surface area contributed by atoms with Crippen molar-refractivity contribution in [1.29, 1.82) is 0 Å². The van der Waals surface area contributed by atoms with Crippen LogP contribution in [0.1, 0.15) is 11.1 Å². The van der Waals surface area contributed by atoms with Gasteiger partial charge in [-0.05, 0) is 109 Å². The van der Waals surface area contributed by atoms with Crippen LogP contribution in [0.15, 0.2) is 104 Å². The molecule has 0 bridgehead atoms. The highest BCUT2D eigenvalue weighted by atomic mass is 79.9. The number of hydrogen-bond donors (Lipinski definition) is 0. The predicted molar refractivity (Wildman–Crippen MR) is 175 cm³/mol. The number of amides is 1. The minimum atomic E-state index is -0.443. The number of carbonyl (C=O) groups excluding carboxylic acids is 1. The van der Waals surface area contributed by atoms with Gasteiger partial charge in [-0.15, -0.1) is 0 Å². The molecular weight excluding hydrogens is 702 g/mol. The Kier molecular flexibility index (Phi) is 9.49. The zero-order valence-corrected chi connectivity index (χ0v) is 26.8. The fourth-order valence-electron chi connectivity index (χ4n) is 4.22. The summed E-state index contributed by atoms with van der Waals surface area (Å²) in [7, 11) is 3.13. The molecule has 5 rings (SSSR count). The Labute approximate surface area is 268 Å². The van der Waals surface area contributed by atoms with Crippen molar-refractivity contribution in [3.8, 4) is 17.2 Å². The van der Waals surface area contributed by atoms with Gasteiger partial charge in [0.25, 0.3) is 11.6 Å². The van der Waals surface area contributed by atoms with Crippen molar-refractivity contribution in [1.82, 2.24) is 0 Å². The first-order valence-electron chi connectivity index (χ1n) is 12.7. The van der Waals surface area contributed by atoms with Gasteiger partial charge in [-0.3, -0.25) is 19.8 Å². The number of ether oxygens (including phenoxy) is 3. The number of nitro groups is 1. The van der Waals surface area contributed by atoms with Gasteiger partial charge in [-0.25, -0.2) is 4.99 Å². The van der Waals surface area contributed by atoms with Crippen LogP contribution in [-0.2, 0) is 11.4 Å². The van der Waals surface area contributed by atoms with Crippen LogP contribution in [0.2, 0.25) is 0 Å². The Morgan fingerprint density at radius 3 is 2.21 bits per heavy atom. The molecule has 12 heteroatoms. The molecule has 4 aromatic carbocycles. The number of para-hydroxylation sites is 4. The van der Waals surface area contributed by atoms with Gasteiger partial charge in [0.15, 0.2) is 5.17 Å². The number of benzene rings is 4. The van der Waals surface area contributed by atoms with E-state index in [0.29, 0.717) is 47.6 Å². The van der Waals surface area contributed by atoms with Crippen LogP contribution in [-0.4, -0.2) is 30.2 Å². The Morgan fingerprint density at radius 2 is 1.56 bits per heavy atom. The first-order chi connectivity index (χ1) is 20.8. The summed E-state index contributed by atoms with van der Waals surface area (Å²) in [5, 5.41) is 11.4. The fourth-order valence-corrected chi connectivity index (χ4v) is 6.66. The average molecular weight is 725 g/mol. The maximum absolute atomic E-state index is 13.9. The number of carbonyl (C=O) groups is 1. The zero-order chi connectivity index (χ0) is 30.5. The number of anilines is 1. The van der Waals surface area contributed by atoms with E-state index in [-0.39, 0.29) is 18.2 Å². The van der Waals surface area contributed by atoms with Crippen LogP contribution in [0.5, 0.6) is 17.2 Å². The number of hydrogen-bond acceptors (Lipinski definition) is 8. The van der Waals surface area contributed by atoms with Crippen molar-refractivity contribution in [3.05, 3.63) is 120 Å². The van der Waals surface area contributed by atoms with Gasteiger partial charge in [0.1, 0.15) is 29.5 Å².